The van der Waals surface area contributed by atoms with Crippen molar-refractivity contribution in [2.45, 2.75) is 77.0 Å². The number of nitrogens with zero attached hydrogens (tertiary/aromatic N) is 1. The van der Waals surface area contributed by atoms with Gasteiger partial charge in [0.2, 0.25) is 0 Å². The predicted molar refractivity (Wildman–Crippen MR) is 182 cm³/mol. The van der Waals surface area contributed by atoms with Crippen LogP contribution in [0.25, 0.3) is 0 Å². The van der Waals surface area contributed by atoms with Gasteiger partial charge in [0.05, 0.1) is 6.54 Å². The highest BCUT2D eigenvalue weighted by Gasteiger charge is 2.38. The molecular weight excluding hydrogens is 596 g/mol. The Balaban J connectivity index is 1.83. The second-order valence-corrected chi connectivity index (χ2v) is 11.4. The molecule has 0 fully saturated rings. The van der Waals surface area contributed by atoms with E-state index in [1.807, 2.05) is 95.9 Å². The molecule has 0 spiro atoms. The van der Waals surface area contributed by atoms with Crippen LogP contribution in [0.1, 0.15) is 55.7 Å². The number of carbonyl (C=O) groups excluding carboxylic acids is 3. The van der Waals surface area contributed by atoms with Gasteiger partial charge >= 0.3 is 17.9 Å². The molecule has 0 saturated carbocycles. The van der Waals surface area contributed by atoms with Crippen LogP contribution in [0.15, 0.2) is 91.0 Å². The van der Waals surface area contributed by atoms with E-state index in [0.29, 0.717) is 6.42 Å². The molecule has 10 nitrogen and oxygen atoms in total. The number of hydrogen-bond donors (Lipinski definition) is 3. The molecule has 3 rings (SSSR count). The molecule has 0 aromatic heterocycles. The van der Waals surface area contributed by atoms with Gasteiger partial charge < -0.3 is 31.0 Å². The average molecular weight is 647 g/mol. The van der Waals surface area contributed by atoms with Crippen LogP contribution in [-0.4, -0.2) is 67.1 Å². The van der Waals surface area contributed by atoms with Gasteiger partial charge in [-0.15, -0.1) is 0 Å². The van der Waals surface area contributed by atoms with Gasteiger partial charge in [0.15, 0.2) is 0 Å². The molecule has 0 saturated heterocycles. The van der Waals surface area contributed by atoms with Gasteiger partial charge in [-0.1, -0.05) is 111 Å². The first kappa shape index (κ1) is 37.4. The first-order valence-corrected chi connectivity index (χ1v) is 16.4. The lowest BCUT2D eigenvalue weighted by molar-refractivity contribution is -0.160. The summed E-state index contributed by atoms with van der Waals surface area (Å²) in [6.07, 6.45) is 2.99. The Labute approximate surface area is 278 Å². The average Bonchev–Trinajstić information content (AvgIpc) is 3.11. The van der Waals surface area contributed by atoms with Crippen LogP contribution in [0.2, 0.25) is 0 Å². The molecule has 0 aliphatic heterocycles. The minimum Gasteiger partial charge on any atom is -0.460 e. The summed E-state index contributed by atoms with van der Waals surface area (Å²) < 4.78 is 17.1. The van der Waals surface area contributed by atoms with E-state index >= 15 is 0 Å². The molecule has 3 aromatic carbocycles. The summed E-state index contributed by atoms with van der Waals surface area (Å²) in [5, 5.41) is 3.33. The molecule has 3 atom stereocenters. The maximum atomic E-state index is 13.7. The lowest BCUT2D eigenvalue weighted by Crippen LogP contribution is -2.57. The summed E-state index contributed by atoms with van der Waals surface area (Å²) in [6.45, 7) is 3.02. The van der Waals surface area contributed by atoms with E-state index in [1.165, 1.54) is 0 Å². The fourth-order valence-electron chi connectivity index (χ4n) is 5.26. The van der Waals surface area contributed by atoms with E-state index in [4.69, 9.17) is 25.7 Å². The van der Waals surface area contributed by atoms with Crippen LogP contribution in [-0.2, 0) is 48.4 Å². The van der Waals surface area contributed by atoms with Gasteiger partial charge in [0.1, 0.15) is 31.9 Å². The van der Waals surface area contributed by atoms with Gasteiger partial charge in [-0.3, -0.25) is 19.3 Å². The van der Waals surface area contributed by atoms with Crippen molar-refractivity contribution in [3.8, 4) is 0 Å². The van der Waals surface area contributed by atoms with Crippen molar-refractivity contribution >= 4 is 17.9 Å². The zero-order valence-corrected chi connectivity index (χ0v) is 27.4. The van der Waals surface area contributed by atoms with Gasteiger partial charge in [-0.2, -0.15) is 0 Å². The van der Waals surface area contributed by atoms with Gasteiger partial charge in [-0.05, 0) is 49.0 Å². The lowest BCUT2D eigenvalue weighted by Gasteiger charge is -2.38. The maximum absolute atomic E-state index is 13.7. The number of unbranched alkanes of at least 4 members (excludes halogenated alkanes) is 1. The zero-order chi connectivity index (χ0) is 33.7. The molecule has 0 radical (unpaired) electrons. The molecule has 254 valence electrons. The first-order valence-electron chi connectivity index (χ1n) is 16.4. The molecule has 0 bridgehead atoms. The summed E-state index contributed by atoms with van der Waals surface area (Å²) in [7, 11) is 0. The van der Waals surface area contributed by atoms with E-state index in [-0.39, 0.29) is 64.9 Å². The van der Waals surface area contributed by atoms with Crippen LogP contribution in [0.4, 0.5) is 0 Å². The first-order chi connectivity index (χ1) is 22.9. The van der Waals surface area contributed by atoms with Crippen LogP contribution in [0.3, 0.4) is 0 Å². The highest BCUT2D eigenvalue weighted by atomic mass is 16.5. The zero-order valence-electron chi connectivity index (χ0n) is 27.4. The number of carbonyl (C=O) groups is 3. The van der Waals surface area contributed by atoms with E-state index in [2.05, 4.69) is 12.2 Å². The van der Waals surface area contributed by atoms with Crippen molar-refractivity contribution in [1.82, 2.24) is 10.2 Å². The largest absolute Gasteiger partial charge is 0.460 e. The van der Waals surface area contributed by atoms with Gasteiger partial charge in [0, 0.05) is 12.6 Å². The number of ether oxygens (including phenoxy) is 3. The van der Waals surface area contributed by atoms with Crippen LogP contribution >= 0.6 is 0 Å². The summed E-state index contributed by atoms with van der Waals surface area (Å²) >= 11 is 0. The number of rotatable bonds is 22. The van der Waals surface area contributed by atoms with E-state index in [0.717, 1.165) is 29.5 Å². The fraction of sp³-hybridized carbons (Fsp3) is 0.432. The smallest absolute Gasteiger partial charge is 0.323 e. The number of nitrogens with one attached hydrogen (secondary N) is 1. The summed E-state index contributed by atoms with van der Waals surface area (Å²) in [5.41, 5.74) is 14.7. The van der Waals surface area contributed by atoms with Crippen molar-refractivity contribution < 1.29 is 28.6 Å². The standard InChI is InChI=1S/C37H50N4O6/c1-2-3-19-32(40-24-35(42)45-26-29-13-7-4-8-14-29)25-41(33(20-22-38)36(43)46-27-30-15-9-5-10-16-30)34(21-23-39)37(44)47-28-31-17-11-6-12-18-31/h4-18,32-34,40H,2-3,19-28,38-39H2,1H3. The minimum absolute atomic E-state index is 0.0327. The highest BCUT2D eigenvalue weighted by Crippen LogP contribution is 2.19. The third-order valence-corrected chi connectivity index (χ3v) is 7.79. The summed E-state index contributed by atoms with van der Waals surface area (Å²) in [4.78, 5) is 42.0. The number of hydrogen-bond acceptors (Lipinski definition) is 10. The topological polar surface area (TPSA) is 146 Å². The van der Waals surface area contributed by atoms with Gasteiger partial charge in [0.25, 0.3) is 0 Å². The van der Waals surface area contributed by atoms with E-state index in [1.54, 1.807) is 0 Å². The Bertz CT molecular complexity index is 1250. The Morgan fingerprint density at radius 1 is 0.660 bits per heavy atom. The molecule has 0 heterocycles. The number of benzene rings is 3. The molecule has 3 unspecified atom stereocenters. The summed E-state index contributed by atoms with van der Waals surface area (Å²) in [6, 6.07) is 26.3. The highest BCUT2D eigenvalue weighted by molar-refractivity contribution is 5.80. The fourth-order valence-corrected chi connectivity index (χ4v) is 5.26. The monoisotopic (exact) mass is 646 g/mol. The molecule has 0 aliphatic rings. The van der Waals surface area contributed by atoms with Crippen molar-refractivity contribution in [3.63, 3.8) is 0 Å². The summed E-state index contributed by atoms with van der Waals surface area (Å²) in [5.74, 6) is -1.38. The Morgan fingerprint density at radius 2 is 1.09 bits per heavy atom. The Hall–Kier alpha value is -4.09. The number of esters is 3. The molecule has 47 heavy (non-hydrogen) atoms. The van der Waals surface area contributed by atoms with E-state index < -0.39 is 30.0 Å². The molecule has 5 N–H and O–H groups in total. The SMILES string of the molecule is CCCCC(CN(C(CCN)C(=O)OCc1ccccc1)C(CCN)C(=O)OCc1ccccc1)NCC(=O)OCc1ccccc1. The molecular formula is C37H50N4O6. The Morgan fingerprint density at radius 3 is 1.49 bits per heavy atom. The molecule has 10 heteroatoms. The number of nitrogens with two attached hydrogens (primary N) is 2. The maximum Gasteiger partial charge on any atom is 0.323 e. The van der Waals surface area contributed by atoms with Crippen molar-refractivity contribution in [2.75, 3.05) is 26.2 Å². The second kappa shape index (κ2) is 21.7. The Kier molecular flexibility index (Phi) is 17.2. The van der Waals surface area contributed by atoms with Crippen molar-refractivity contribution in [2.24, 2.45) is 11.5 Å². The predicted octanol–water partition coefficient (Wildman–Crippen LogP) is 4.10. The lowest BCUT2D eigenvalue weighted by atomic mass is 10.0. The minimum atomic E-state index is -0.847. The van der Waals surface area contributed by atoms with Crippen LogP contribution in [0.5, 0.6) is 0 Å². The van der Waals surface area contributed by atoms with Crippen molar-refractivity contribution in [3.05, 3.63) is 108 Å². The second-order valence-electron chi connectivity index (χ2n) is 11.4. The van der Waals surface area contributed by atoms with Crippen LogP contribution < -0.4 is 16.8 Å². The molecule has 0 amide bonds. The van der Waals surface area contributed by atoms with Crippen molar-refractivity contribution in [1.29, 1.82) is 0 Å². The quantitative estimate of drug-likeness (QED) is 0.108. The molecule has 0 aliphatic carbocycles. The third kappa shape index (κ3) is 13.7. The molecule has 3 aromatic rings. The van der Waals surface area contributed by atoms with E-state index in [9.17, 15) is 14.4 Å². The normalized spacial score (nSPS) is 13.0. The third-order valence-electron chi connectivity index (χ3n) is 7.79. The van der Waals surface area contributed by atoms with Crippen LogP contribution in [0, 0.1) is 0 Å². The van der Waals surface area contributed by atoms with Gasteiger partial charge in [-0.25, -0.2) is 0 Å².